The molecule has 0 radical (unpaired) electrons. The average Bonchev–Trinajstić information content (AvgIpc) is 2.45. The molecule has 2 fully saturated rings. The highest BCUT2D eigenvalue weighted by Crippen LogP contribution is 2.27. The number of hydrogen-bond acceptors (Lipinski definition) is 1. The molecule has 0 atom stereocenters. The first kappa shape index (κ1) is 14.1. The third-order valence-electron chi connectivity index (χ3n) is 4.69. The Bertz CT molecular complexity index is 198. The van der Waals surface area contributed by atoms with Gasteiger partial charge in [0, 0.05) is 6.54 Å². The predicted molar refractivity (Wildman–Crippen MR) is 79.9 cm³/mol. The zero-order valence-electron chi connectivity index (χ0n) is 12.1. The summed E-state index contributed by atoms with van der Waals surface area (Å²) in [5.74, 6) is 1.05. The van der Waals surface area contributed by atoms with Gasteiger partial charge in [0.05, 0.1) is 0 Å². The molecule has 0 aromatic carbocycles. The van der Waals surface area contributed by atoms with Gasteiger partial charge in [-0.15, -0.1) is 0 Å². The van der Waals surface area contributed by atoms with Crippen molar-refractivity contribution in [3.63, 3.8) is 0 Å². The zero-order valence-corrected chi connectivity index (χ0v) is 12.1. The first-order valence-corrected chi connectivity index (χ1v) is 8.32. The molecule has 0 N–H and O–H groups in total. The van der Waals surface area contributed by atoms with Crippen LogP contribution in [0.4, 0.5) is 0 Å². The first-order chi connectivity index (χ1) is 8.95. The van der Waals surface area contributed by atoms with Crippen molar-refractivity contribution in [2.45, 2.75) is 70.6 Å². The second kappa shape index (κ2) is 8.74. The van der Waals surface area contributed by atoms with Gasteiger partial charge in [0.15, 0.2) is 0 Å². The maximum atomic E-state index is 2.63. The van der Waals surface area contributed by atoms with Gasteiger partial charge in [0.25, 0.3) is 0 Å². The van der Waals surface area contributed by atoms with Crippen LogP contribution in [-0.2, 0) is 0 Å². The van der Waals surface area contributed by atoms with Gasteiger partial charge in [-0.2, -0.15) is 0 Å². The Hall–Kier alpha value is -0.300. The van der Waals surface area contributed by atoms with Crippen molar-refractivity contribution < 1.29 is 0 Å². The average molecular weight is 249 g/mol. The summed E-state index contributed by atoms with van der Waals surface area (Å²) in [5, 5.41) is 0. The SMILES string of the molecule is C(=CCCN1CCCCC1)CCC1CCCCC1. The van der Waals surface area contributed by atoms with E-state index >= 15 is 0 Å². The first-order valence-electron chi connectivity index (χ1n) is 8.32. The lowest BCUT2D eigenvalue weighted by Gasteiger charge is -2.25. The molecule has 1 heterocycles. The van der Waals surface area contributed by atoms with Crippen LogP contribution in [0, 0.1) is 5.92 Å². The molecule has 1 saturated carbocycles. The molecule has 1 aliphatic heterocycles. The second-order valence-electron chi connectivity index (χ2n) is 6.24. The summed E-state index contributed by atoms with van der Waals surface area (Å²) in [6.45, 7) is 3.98. The van der Waals surface area contributed by atoms with Crippen molar-refractivity contribution in [1.82, 2.24) is 4.90 Å². The van der Waals surface area contributed by atoms with Crippen molar-refractivity contribution in [2.24, 2.45) is 5.92 Å². The Balaban J connectivity index is 1.46. The van der Waals surface area contributed by atoms with Gasteiger partial charge in [0.1, 0.15) is 0 Å². The fraction of sp³-hybridized carbons (Fsp3) is 0.882. The molecule has 0 aromatic heterocycles. The van der Waals surface area contributed by atoms with E-state index in [1.807, 2.05) is 0 Å². The number of nitrogens with zero attached hydrogens (tertiary/aromatic N) is 1. The number of rotatable bonds is 6. The van der Waals surface area contributed by atoms with Gasteiger partial charge in [-0.05, 0) is 51.1 Å². The quantitative estimate of drug-likeness (QED) is 0.612. The highest BCUT2D eigenvalue weighted by atomic mass is 15.1. The summed E-state index contributed by atoms with van der Waals surface area (Å²) in [4.78, 5) is 2.63. The lowest BCUT2D eigenvalue weighted by Crippen LogP contribution is -2.30. The lowest BCUT2D eigenvalue weighted by molar-refractivity contribution is 0.233. The molecule has 1 nitrogen and oxygen atoms in total. The molecular formula is C17H31N. The fourth-order valence-corrected chi connectivity index (χ4v) is 3.48. The highest BCUT2D eigenvalue weighted by Gasteiger charge is 2.11. The second-order valence-corrected chi connectivity index (χ2v) is 6.24. The molecule has 0 unspecified atom stereocenters. The molecule has 104 valence electrons. The van der Waals surface area contributed by atoms with Crippen LogP contribution in [-0.4, -0.2) is 24.5 Å². The Kier molecular flexibility index (Phi) is 6.86. The lowest BCUT2D eigenvalue weighted by atomic mass is 9.86. The summed E-state index contributed by atoms with van der Waals surface area (Å²) in [6, 6.07) is 0. The van der Waals surface area contributed by atoms with Gasteiger partial charge < -0.3 is 4.90 Å². The van der Waals surface area contributed by atoms with Gasteiger partial charge in [0.2, 0.25) is 0 Å². The van der Waals surface area contributed by atoms with E-state index in [1.54, 1.807) is 0 Å². The summed E-state index contributed by atoms with van der Waals surface area (Å²) in [7, 11) is 0. The van der Waals surface area contributed by atoms with Crippen LogP contribution in [0.2, 0.25) is 0 Å². The molecule has 2 aliphatic rings. The summed E-state index contributed by atoms with van der Waals surface area (Å²) >= 11 is 0. The third-order valence-corrected chi connectivity index (χ3v) is 4.69. The van der Waals surface area contributed by atoms with Crippen molar-refractivity contribution in [2.75, 3.05) is 19.6 Å². The monoisotopic (exact) mass is 249 g/mol. The smallest absolute Gasteiger partial charge is 0.00159 e. The molecular weight excluding hydrogens is 218 g/mol. The number of piperidine rings is 1. The minimum absolute atomic E-state index is 1.05. The number of hydrogen-bond donors (Lipinski definition) is 0. The maximum Gasteiger partial charge on any atom is 0.00159 e. The molecule has 1 heteroatoms. The van der Waals surface area contributed by atoms with E-state index in [2.05, 4.69) is 17.1 Å². The van der Waals surface area contributed by atoms with Crippen molar-refractivity contribution in [3.05, 3.63) is 12.2 Å². The number of likely N-dealkylation sites (tertiary alicyclic amines) is 1. The van der Waals surface area contributed by atoms with E-state index in [4.69, 9.17) is 0 Å². The van der Waals surface area contributed by atoms with E-state index in [1.165, 1.54) is 90.3 Å². The van der Waals surface area contributed by atoms with Crippen molar-refractivity contribution >= 4 is 0 Å². The van der Waals surface area contributed by atoms with Crippen molar-refractivity contribution in [3.8, 4) is 0 Å². The third kappa shape index (κ3) is 5.56. The van der Waals surface area contributed by atoms with Crippen LogP contribution >= 0.6 is 0 Å². The summed E-state index contributed by atoms with van der Waals surface area (Å²) < 4.78 is 0. The van der Waals surface area contributed by atoms with Crippen LogP contribution in [0.5, 0.6) is 0 Å². The molecule has 1 aliphatic carbocycles. The molecule has 0 spiro atoms. The molecule has 1 saturated heterocycles. The zero-order chi connectivity index (χ0) is 12.5. The fourth-order valence-electron chi connectivity index (χ4n) is 3.48. The van der Waals surface area contributed by atoms with Crippen LogP contribution in [0.15, 0.2) is 12.2 Å². The van der Waals surface area contributed by atoms with Crippen LogP contribution < -0.4 is 0 Å². The molecule has 18 heavy (non-hydrogen) atoms. The predicted octanol–water partition coefficient (Wildman–Crippen LogP) is 4.78. The Labute approximate surface area is 114 Å². The number of allylic oxidation sites excluding steroid dienone is 1. The minimum Gasteiger partial charge on any atom is -0.303 e. The van der Waals surface area contributed by atoms with Crippen LogP contribution in [0.25, 0.3) is 0 Å². The molecule has 0 aromatic rings. The van der Waals surface area contributed by atoms with Crippen molar-refractivity contribution in [1.29, 1.82) is 0 Å². The topological polar surface area (TPSA) is 3.24 Å². The highest BCUT2D eigenvalue weighted by molar-refractivity contribution is 4.84. The maximum absolute atomic E-state index is 2.63. The van der Waals surface area contributed by atoms with Crippen LogP contribution in [0.3, 0.4) is 0 Å². The van der Waals surface area contributed by atoms with Gasteiger partial charge >= 0.3 is 0 Å². The molecule has 0 bridgehead atoms. The van der Waals surface area contributed by atoms with Gasteiger partial charge in [-0.1, -0.05) is 50.7 Å². The minimum atomic E-state index is 1.05. The molecule has 0 amide bonds. The van der Waals surface area contributed by atoms with E-state index in [0.717, 1.165) is 5.92 Å². The standard InChI is InChI=1S/C17H31N/c1(5-11-17-12-6-3-7-13-17)2-8-14-18-15-9-4-10-16-18/h1-2,17H,3-16H2. The summed E-state index contributed by atoms with van der Waals surface area (Å²) in [6.07, 6.45) is 20.7. The normalized spacial score (nSPS) is 23.8. The Morgan fingerprint density at radius 1 is 0.778 bits per heavy atom. The van der Waals surface area contributed by atoms with E-state index in [0.29, 0.717) is 0 Å². The van der Waals surface area contributed by atoms with E-state index in [-0.39, 0.29) is 0 Å². The van der Waals surface area contributed by atoms with Crippen LogP contribution in [0.1, 0.15) is 70.6 Å². The van der Waals surface area contributed by atoms with E-state index in [9.17, 15) is 0 Å². The summed E-state index contributed by atoms with van der Waals surface area (Å²) in [5.41, 5.74) is 0. The van der Waals surface area contributed by atoms with Gasteiger partial charge in [-0.3, -0.25) is 0 Å². The van der Waals surface area contributed by atoms with E-state index < -0.39 is 0 Å². The Morgan fingerprint density at radius 3 is 2.22 bits per heavy atom. The van der Waals surface area contributed by atoms with Gasteiger partial charge in [-0.25, -0.2) is 0 Å². The largest absolute Gasteiger partial charge is 0.303 e. The molecule has 2 rings (SSSR count). The Morgan fingerprint density at radius 2 is 1.44 bits per heavy atom.